The highest BCUT2D eigenvalue weighted by atomic mass is 32.1. The molecule has 2 aromatic rings. The van der Waals surface area contributed by atoms with Crippen LogP contribution in [0.3, 0.4) is 0 Å². The molecule has 0 spiro atoms. The number of ether oxygens (including phenoxy) is 1. The number of halogens is 2. The number of carbonyl (C=O) groups excluding carboxylic acids is 1. The monoisotopic (exact) mass is 502 g/mol. The highest BCUT2D eigenvalue weighted by Gasteiger charge is 2.26. The first-order chi connectivity index (χ1) is 16.9. The van der Waals surface area contributed by atoms with Gasteiger partial charge in [0.05, 0.1) is 6.61 Å². The predicted molar refractivity (Wildman–Crippen MR) is 138 cm³/mol. The Bertz CT molecular complexity index is 992. The second-order valence-electron chi connectivity index (χ2n) is 10.0. The van der Waals surface area contributed by atoms with Crippen LogP contribution < -0.4 is 15.4 Å². The fourth-order valence-electron chi connectivity index (χ4n) is 5.44. The number of hydrogen-bond acceptors (Lipinski definition) is 4. The standard InChI is InChI=1S/C28H36F2N2O2S/c1-18(33)32-26(15-21-12-22(29)16-23(30)13-21)28(35)17-31-25-9-10-34-27-8-7-20(14-24(25)27)11-19-5-3-2-4-6-19/h7-8,12-14,16,19,25-26,28,31,35H,2-6,9-11,15,17H2,1H3,(H,32,33)/t25?,26-,28+/m0/s1. The van der Waals surface area contributed by atoms with E-state index in [1.54, 1.807) is 0 Å². The Kier molecular flexibility index (Phi) is 9.06. The lowest BCUT2D eigenvalue weighted by Crippen LogP contribution is -2.46. The molecule has 1 aliphatic heterocycles. The third-order valence-electron chi connectivity index (χ3n) is 7.17. The van der Waals surface area contributed by atoms with Crippen molar-refractivity contribution >= 4 is 18.5 Å². The van der Waals surface area contributed by atoms with E-state index < -0.39 is 11.6 Å². The first-order valence-electron chi connectivity index (χ1n) is 12.8. The minimum atomic E-state index is -0.627. The fourth-order valence-corrected chi connectivity index (χ4v) is 5.73. The number of rotatable bonds is 9. The van der Waals surface area contributed by atoms with E-state index in [-0.39, 0.29) is 23.2 Å². The topological polar surface area (TPSA) is 50.4 Å². The smallest absolute Gasteiger partial charge is 0.217 e. The average molecular weight is 503 g/mol. The van der Waals surface area contributed by atoms with Crippen LogP contribution in [0.2, 0.25) is 0 Å². The van der Waals surface area contributed by atoms with E-state index in [0.29, 0.717) is 25.1 Å². The maximum absolute atomic E-state index is 13.7. The van der Waals surface area contributed by atoms with Gasteiger partial charge in [0.15, 0.2) is 0 Å². The van der Waals surface area contributed by atoms with Gasteiger partial charge in [-0.1, -0.05) is 44.2 Å². The summed E-state index contributed by atoms with van der Waals surface area (Å²) in [5.74, 6) is 0.238. The van der Waals surface area contributed by atoms with Crippen molar-refractivity contribution < 1.29 is 18.3 Å². The number of hydrogen-bond donors (Lipinski definition) is 3. The van der Waals surface area contributed by atoms with Crippen LogP contribution in [0, 0.1) is 17.6 Å². The Morgan fingerprint density at radius 2 is 1.80 bits per heavy atom. The molecule has 35 heavy (non-hydrogen) atoms. The predicted octanol–water partition coefficient (Wildman–Crippen LogP) is 5.55. The van der Waals surface area contributed by atoms with Crippen LogP contribution in [0.1, 0.15) is 68.2 Å². The quantitative estimate of drug-likeness (QED) is 0.394. The van der Waals surface area contributed by atoms with E-state index in [1.165, 1.54) is 62.3 Å². The normalized spacial score (nSPS) is 19.9. The van der Waals surface area contributed by atoms with Crippen LogP contribution in [0.5, 0.6) is 5.75 Å². The SMILES string of the molecule is CC(=O)N[C@@H](Cc1cc(F)cc(F)c1)[C@H](S)CNC1CCOc2ccc(CC3CCCCC3)cc21. The van der Waals surface area contributed by atoms with Gasteiger partial charge < -0.3 is 15.4 Å². The van der Waals surface area contributed by atoms with Gasteiger partial charge in [-0.25, -0.2) is 8.78 Å². The lowest BCUT2D eigenvalue weighted by molar-refractivity contribution is -0.119. The van der Waals surface area contributed by atoms with Crippen LogP contribution in [-0.4, -0.2) is 30.4 Å². The number of thiol groups is 1. The van der Waals surface area contributed by atoms with Gasteiger partial charge in [0, 0.05) is 48.9 Å². The third kappa shape index (κ3) is 7.43. The largest absolute Gasteiger partial charge is 0.493 e. The average Bonchev–Trinajstić information content (AvgIpc) is 2.82. The Labute approximate surface area is 212 Å². The van der Waals surface area contributed by atoms with Gasteiger partial charge in [0.25, 0.3) is 0 Å². The lowest BCUT2D eigenvalue weighted by atomic mass is 9.84. The highest BCUT2D eigenvalue weighted by molar-refractivity contribution is 7.81. The van der Waals surface area contributed by atoms with Crippen molar-refractivity contribution in [1.29, 1.82) is 0 Å². The summed E-state index contributed by atoms with van der Waals surface area (Å²) in [5.41, 5.74) is 3.03. The molecule has 0 bridgehead atoms. The molecule has 2 aromatic carbocycles. The fraction of sp³-hybridized carbons (Fsp3) is 0.536. The Morgan fingerprint density at radius 3 is 2.51 bits per heavy atom. The Balaban J connectivity index is 1.41. The van der Waals surface area contributed by atoms with Crippen molar-refractivity contribution in [2.45, 2.75) is 75.6 Å². The second kappa shape index (κ2) is 12.2. The van der Waals surface area contributed by atoms with Gasteiger partial charge in [-0.2, -0.15) is 12.6 Å². The van der Waals surface area contributed by atoms with Gasteiger partial charge in [0.1, 0.15) is 17.4 Å². The van der Waals surface area contributed by atoms with Crippen molar-refractivity contribution in [2.24, 2.45) is 5.92 Å². The van der Waals surface area contributed by atoms with E-state index in [2.05, 4.69) is 28.8 Å². The van der Waals surface area contributed by atoms with Gasteiger partial charge in [-0.3, -0.25) is 4.79 Å². The molecule has 190 valence electrons. The number of amides is 1. The van der Waals surface area contributed by atoms with Crippen molar-refractivity contribution in [3.05, 3.63) is 64.7 Å². The summed E-state index contributed by atoms with van der Waals surface area (Å²) < 4.78 is 33.3. The van der Waals surface area contributed by atoms with E-state index in [0.717, 1.165) is 30.6 Å². The van der Waals surface area contributed by atoms with E-state index in [1.807, 2.05) is 0 Å². The summed E-state index contributed by atoms with van der Waals surface area (Å²) in [4.78, 5) is 11.8. The molecule has 1 unspecified atom stereocenters. The molecule has 0 radical (unpaired) electrons. The Hall–Kier alpha value is -2.12. The van der Waals surface area contributed by atoms with Crippen LogP contribution in [0.25, 0.3) is 0 Å². The number of benzene rings is 2. The molecule has 0 saturated heterocycles. The molecule has 7 heteroatoms. The molecule has 0 aromatic heterocycles. The zero-order chi connectivity index (χ0) is 24.8. The molecule has 1 amide bonds. The van der Waals surface area contributed by atoms with Gasteiger partial charge in [0.2, 0.25) is 5.91 Å². The van der Waals surface area contributed by atoms with E-state index in [4.69, 9.17) is 17.4 Å². The molecule has 4 rings (SSSR count). The van der Waals surface area contributed by atoms with Crippen LogP contribution in [0.4, 0.5) is 8.78 Å². The minimum Gasteiger partial charge on any atom is -0.493 e. The minimum absolute atomic E-state index is 0.129. The molecule has 4 nitrogen and oxygen atoms in total. The highest BCUT2D eigenvalue weighted by Crippen LogP contribution is 2.35. The van der Waals surface area contributed by atoms with Crippen molar-refractivity contribution in [3.63, 3.8) is 0 Å². The molecular formula is C28H36F2N2O2S. The first kappa shape index (κ1) is 26.0. The van der Waals surface area contributed by atoms with Gasteiger partial charge in [-0.05, 0) is 48.1 Å². The zero-order valence-corrected chi connectivity index (χ0v) is 21.3. The molecule has 2 N–H and O–H groups in total. The molecular weight excluding hydrogens is 466 g/mol. The van der Waals surface area contributed by atoms with Crippen LogP contribution in [0.15, 0.2) is 36.4 Å². The molecule has 3 atom stereocenters. The summed E-state index contributed by atoms with van der Waals surface area (Å²) >= 11 is 4.76. The van der Waals surface area contributed by atoms with Crippen molar-refractivity contribution in [1.82, 2.24) is 10.6 Å². The maximum atomic E-state index is 13.7. The summed E-state index contributed by atoms with van der Waals surface area (Å²) in [5, 5.41) is 6.27. The summed E-state index contributed by atoms with van der Waals surface area (Å²) in [6.45, 7) is 2.61. The maximum Gasteiger partial charge on any atom is 0.217 e. The molecule has 1 saturated carbocycles. The second-order valence-corrected chi connectivity index (χ2v) is 10.7. The van der Waals surface area contributed by atoms with E-state index in [9.17, 15) is 13.6 Å². The van der Waals surface area contributed by atoms with Crippen LogP contribution in [-0.2, 0) is 17.6 Å². The molecule has 1 aliphatic carbocycles. The number of carbonyl (C=O) groups is 1. The van der Waals surface area contributed by atoms with Crippen molar-refractivity contribution in [3.8, 4) is 5.75 Å². The van der Waals surface area contributed by atoms with E-state index >= 15 is 0 Å². The van der Waals surface area contributed by atoms with Gasteiger partial charge >= 0.3 is 0 Å². The first-order valence-corrected chi connectivity index (χ1v) is 13.3. The molecule has 1 heterocycles. The molecule has 2 aliphatic rings. The number of nitrogens with one attached hydrogen (secondary N) is 2. The Morgan fingerprint density at radius 1 is 1.06 bits per heavy atom. The lowest BCUT2D eigenvalue weighted by Gasteiger charge is -2.31. The van der Waals surface area contributed by atoms with Crippen LogP contribution >= 0.6 is 12.6 Å². The van der Waals surface area contributed by atoms with Crippen molar-refractivity contribution in [2.75, 3.05) is 13.2 Å². The summed E-state index contributed by atoms with van der Waals surface area (Å²) in [7, 11) is 0. The summed E-state index contributed by atoms with van der Waals surface area (Å²) in [6, 6.07) is 9.78. The summed E-state index contributed by atoms with van der Waals surface area (Å²) in [6.07, 6.45) is 8.92. The third-order valence-corrected chi connectivity index (χ3v) is 7.71. The molecule has 1 fully saturated rings. The van der Waals surface area contributed by atoms with Gasteiger partial charge in [-0.15, -0.1) is 0 Å². The zero-order valence-electron chi connectivity index (χ0n) is 20.4. The number of fused-ring (bicyclic) bond motifs is 1.